The lowest BCUT2D eigenvalue weighted by molar-refractivity contribution is -0.115. The fourth-order valence-corrected chi connectivity index (χ4v) is 2.17. The van der Waals surface area contributed by atoms with E-state index in [0.717, 1.165) is 13.1 Å². The van der Waals surface area contributed by atoms with E-state index in [1.807, 2.05) is 4.90 Å². The number of rotatable bonds is 2. The molecule has 1 N–H and O–H groups in total. The number of urea groups is 1. The van der Waals surface area contributed by atoms with Gasteiger partial charge in [0, 0.05) is 26.3 Å². The molecule has 0 unspecified atom stereocenters. The second kappa shape index (κ2) is 5.49. The molecular formula is C13H15N5O3. The number of carbonyl (C=O) groups is 2. The molecule has 1 aromatic heterocycles. The first kappa shape index (κ1) is 13.5. The van der Waals surface area contributed by atoms with E-state index in [1.54, 1.807) is 18.3 Å². The summed E-state index contributed by atoms with van der Waals surface area (Å²) in [5, 5.41) is 2.22. The number of nitrogens with one attached hydrogen (secondary N) is 1. The van der Waals surface area contributed by atoms with Crippen molar-refractivity contribution in [3.8, 4) is 0 Å². The van der Waals surface area contributed by atoms with Crippen LogP contribution in [-0.4, -0.2) is 60.2 Å². The minimum absolute atomic E-state index is 0.270. The number of amides is 3. The Bertz CT molecular complexity index is 610. The maximum Gasteiger partial charge on any atom is 0.328 e. The molecular weight excluding hydrogens is 274 g/mol. The van der Waals surface area contributed by atoms with Gasteiger partial charge in [0.15, 0.2) is 0 Å². The highest BCUT2D eigenvalue weighted by atomic mass is 16.5. The lowest BCUT2D eigenvalue weighted by Gasteiger charge is -2.26. The van der Waals surface area contributed by atoms with Crippen molar-refractivity contribution in [3.05, 3.63) is 23.7 Å². The van der Waals surface area contributed by atoms with Crippen molar-refractivity contribution in [2.45, 2.75) is 0 Å². The Morgan fingerprint density at radius 1 is 1.33 bits per heavy atom. The van der Waals surface area contributed by atoms with E-state index < -0.39 is 11.9 Å². The van der Waals surface area contributed by atoms with E-state index in [4.69, 9.17) is 4.74 Å². The molecule has 110 valence electrons. The average molecular weight is 289 g/mol. The molecule has 0 bridgehead atoms. The summed E-state index contributed by atoms with van der Waals surface area (Å²) in [5.74, 6) is 0.175. The van der Waals surface area contributed by atoms with E-state index >= 15 is 0 Å². The predicted molar refractivity (Wildman–Crippen MR) is 74.3 cm³/mol. The van der Waals surface area contributed by atoms with Crippen molar-refractivity contribution in [3.63, 3.8) is 0 Å². The number of anilines is 1. The van der Waals surface area contributed by atoms with Crippen LogP contribution in [-0.2, 0) is 9.53 Å². The number of hydrogen-bond acceptors (Lipinski definition) is 6. The van der Waals surface area contributed by atoms with Crippen LogP contribution < -0.4 is 10.2 Å². The Morgan fingerprint density at radius 2 is 2.10 bits per heavy atom. The van der Waals surface area contributed by atoms with Crippen LogP contribution in [0.15, 0.2) is 18.0 Å². The molecule has 0 aliphatic carbocycles. The molecule has 2 saturated heterocycles. The molecule has 8 nitrogen and oxygen atoms in total. The van der Waals surface area contributed by atoms with Gasteiger partial charge in [-0.3, -0.25) is 15.0 Å². The van der Waals surface area contributed by atoms with Crippen LogP contribution in [0.5, 0.6) is 0 Å². The Balaban J connectivity index is 1.86. The Morgan fingerprint density at radius 3 is 2.76 bits per heavy atom. The minimum atomic E-state index is -0.436. The van der Waals surface area contributed by atoms with Gasteiger partial charge in [0.25, 0.3) is 5.91 Å². The number of morpholine rings is 1. The van der Waals surface area contributed by atoms with Crippen molar-refractivity contribution in [2.24, 2.45) is 0 Å². The number of ether oxygens (including phenoxy) is 1. The number of hydrogen-bond donors (Lipinski definition) is 1. The molecule has 0 spiro atoms. The van der Waals surface area contributed by atoms with Gasteiger partial charge in [-0.1, -0.05) is 0 Å². The first-order chi connectivity index (χ1) is 10.1. The van der Waals surface area contributed by atoms with Gasteiger partial charge in [0.05, 0.1) is 18.9 Å². The van der Waals surface area contributed by atoms with Gasteiger partial charge in [-0.05, 0) is 12.1 Å². The Labute approximate surface area is 121 Å². The molecule has 8 heteroatoms. The molecule has 2 aliphatic rings. The fourth-order valence-electron chi connectivity index (χ4n) is 2.17. The maximum atomic E-state index is 11.7. The zero-order chi connectivity index (χ0) is 14.8. The van der Waals surface area contributed by atoms with Gasteiger partial charge in [-0.2, -0.15) is 0 Å². The van der Waals surface area contributed by atoms with Crippen LogP contribution >= 0.6 is 0 Å². The molecule has 1 aromatic rings. The molecule has 0 radical (unpaired) electrons. The molecule has 3 rings (SSSR count). The summed E-state index contributed by atoms with van der Waals surface area (Å²) in [4.78, 5) is 35.0. The van der Waals surface area contributed by atoms with E-state index in [1.165, 1.54) is 11.9 Å². The standard InChI is InChI=1S/C13H15N5O3/c1-17-10(11(19)16-13(17)20)8-9-2-3-14-12(15-9)18-4-6-21-7-5-18/h2-3,8H,4-7H2,1H3,(H,16,19,20)/b10-8-. The molecule has 2 aliphatic heterocycles. The normalized spacial score (nSPS) is 21.1. The smallest absolute Gasteiger partial charge is 0.328 e. The van der Waals surface area contributed by atoms with Gasteiger partial charge in [-0.25, -0.2) is 14.8 Å². The average Bonchev–Trinajstić information content (AvgIpc) is 2.75. The van der Waals surface area contributed by atoms with Crippen molar-refractivity contribution in [1.29, 1.82) is 0 Å². The van der Waals surface area contributed by atoms with Gasteiger partial charge in [-0.15, -0.1) is 0 Å². The SMILES string of the molecule is CN1C(=O)NC(=O)/C1=C/c1ccnc(N2CCOCC2)n1. The number of carbonyl (C=O) groups excluding carboxylic acids is 2. The number of likely N-dealkylation sites (N-methyl/N-ethyl adjacent to an activating group) is 1. The van der Waals surface area contributed by atoms with Crippen LogP contribution in [0.2, 0.25) is 0 Å². The van der Waals surface area contributed by atoms with Crippen LogP contribution in [0.3, 0.4) is 0 Å². The Kier molecular flexibility index (Phi) is 3.53. The van der Waals surface area contributed by atoms with Crippen LogP contribution in [0.25, 0.3) is 6.08 Å². The number of aromatic nitrogens is 2. The third kappa shape index (κ3) is 2.70. The van der Waals surface area contributed by atoms with Crippen molar-refractivity contribution < 1.29 is 14.3 Å². The molecule has 3 heterocycles. The lowest BCUT2D eigenvalue weighted by atomic mass is 10.3. The van der Waals surface area contributed by atoms with Crippen LogP contribution in [0, 0.1) is 0 Å². The Hall–Kier alpha value is -2.48. The highest BCUT2D eigenvalue weighted by Gasteiger charge is 2.29. The van der Waals surface area contributed by atoms with Gasteiger partial charge in [0.2, 0.25) is 5.95 Å². The van der Waals surface area contributed by atoms with E-state index in [-0.39, 0.29) is 5.70 Å². The molecule has 21 heavy (non-hydrogen) atoms. The van der Waals surface area contributed by atoms with E-state index in [2.05, 4.69) is 15.3 Å². The highest BCUT2D eigenvalue weighted by molar-refractivity contribution is 6.13. The molecule has 0 aromatic carbocycles. The number of imide groups is 1. The molecule has 2 fully saturated rings. The summed E-state index contributed by atoms with van der Waals surface area (Å²) < 4.78 is 5.29. The van der Waals surface area contributed by atoms with Crippen LogP contribution in [0.4, 0.5) is 10.7 Å². The molecule has 0 atom stereocenters. The summed E-state index contributed by atoms with van der Waals surface area (Å²) >= 11 is 0. The van der Waals surface area contributed by atoms with E-state index in [9.17, 15) is 9.59 Å². The predicted octanol–water partition coefficient (Wildman–Crippen LogP) is -0.164. The van der Waals surface area contributed by atoms with Crippen molar-refractivity contribution in [1.82, 2.24) is 20.2 Å². The lowest BCUT2D eigenvalue weighted by Crippen LogP contribution is -2.37. The quantitative estimate of drug-likeness (QED) is 0.601. The largest absolute Gasteiger partial charge is 0.378 e. The summed E-state index contributed by atoms with van der Waals surface area (Å²) in [6, 6.07) is 1.26. The van der Waals surface area contributed by atoms with Crippen molar-refractivity contribution >= 4 is 24.0 Å². The zero-order valence-electron chi connectivity index (χ0n) is 11.6. The first-order valence-corrected chi connectivity index (χ1v) is 6.61. The second-order valence-electron chi connectivity index (χ2n) is 4.73. The van der Waals surface area contributed by atoms with Crippen LogP contribution in [0.1, 0.15) is 5.69 Å². The van der Waals surface area contributed by atoms with Crippen molar-refractivity contribution in [2.75, 3.05) is 38.3 Å². The summed E-state index contributed by atoms with van der Waals surface area (Å²) in [5.41, 5.74) is 0.852. The summed E-state index contributed by atoms with van der Waals surface area (Å²) in [7, 11) is 1.54. The topological polar surface area (TPSA) is 87.7 Å². The number of nitrogens with zero attached hydrogens (tertiary/aromatic N) is 4. The molecule has 3 amide bonds. The highest BCUT2D eigenvalue weighted by Crippen LogP contribution is 2.16. The third-order valence-electron chi connectivity index (χ3n) is 3.36. The first-order valence-electron chi connectivity index (χ1n) is 6.61. The second-order valence-corrected chi connectivity index (χ2v) is 4.73. The van der Waals surface area contributed by atoms with Gasteiger partial charge in [0.1, 0.15) is 5.70 Å². The molecule has 0 saturated carbocycles. The summed E-state index contributed by atoms with van der Waals surface area (Å²) in [6.07, 6.45) is 3.21. The van der Waals surface area contributed by atoms with E-state index in [0.29, 0.717) is 24.9 Å². The maximum absolute atomic E-state index is 11.7. The third-order valence-corrected chi connectivity index (χ3v) is 3.36. The van der Waals surface area contributed by atoms with Gasteiger partial charge < -0.3 is 9.64 Å². The zero-order valence-corrected chi connectivity index (χ0v) is 11.6. The minimum Gasteiger partial charge on any atom is -0.378 e. The fraction of sp³-hybridized carbons (Fsp3) is 0.385. The van der Waals surface area contributed by atoms with Gasteiger partial charge >= 0.3 is 6.03 Å². The monoisotopic (exact) mass is 289 g/mol. The summed E-state index contributed by atoms with van der Waals surface area (Å²) in [6.45, 7) is 2.76.